The number of benzene rings is 3. The van der Waals surface area contributed by atoms with Crippen LogP contribution in [0.4, 0.5) is 10.3 Å². The number of hydrogen-bond donors (Lipinski definition) is 2. The van der Waals surface area contributed by atoms with Crippen molar-refractivity contribution in [3.05, 3.63) is 118 Å². The van der Waals surface area contributed by atoms with Gasteiger partial charge in [-0.05, 0) is 35.2 Å². The molecule has 1 saturated heterocycles. The summed E-state index contributed by atoms with van der Waals surface area (Å²) < 4.78 is 28.5. The Labute approximate surface area is 247 Å². The molecule has 0 radical (unpaired) electrons. The molecule has 5 aromatic rings. The minimum absolute atomic E-state index is 0.0311. The van der Waals surface area contributed by atoms with Crippen LogP contribution in [0.3, 0.4) is 0 Å². The molecule has 2 aromatic heterocycles. The Morgan fingerprint density at radius 1 is 1.05 bits per heavy atom. The minimum atomic E-state index is -1.52. The Bertz CT molecular complexity index is 1750. The highest BCUT2D eigenvalue weighted by atomic mass is 19.1. The highest BCUT2D eigenvalue weighted by Gasteiger charge is 2.53. The zero-order valence-electron chi connectivity index (χ0n) is 24.0. The van der Waals surface area contributed by atoms with Crippen LogP contribution in [0.15, 0.2) is 96.1 Å². The maximum Gasteiger partial charge on any atom is 0.280 e. The van der Waals surface area contributed by atoms with Gasteiger partial charge < -0.3 is 19.6 Å². The van der Waals surface area contributed by atoms with Gasteiger partial charge in [0.15, 0.2) is 29.8 Å². The molecule has 1 aliphatic heterocycles. The number of ether oxygens (including phenoxy) is 2. The number of nitrogens with one attached hydrogen (secondary N) is 2. The van der Waals surface area contributed by atoms with E-state index in [1.54, 1.807) is 21.0 Å². The third-order valence-electron chi connectivity index (χ3n) is 8.56. The van der Waals surface area contributed by atoms with Gasteiger partial charge in [0.25, 0.3) is 5.56 Å². The quantitative estimate of drug-likeness (QED) is 0.178. The fourth-order valence-corrected chi connectivity index (χ4v) is 6.03. The fraction of sp³-hybridized carbons (Fsp3) is 0.273. The molecular weight excluding hydrogens is 549 g/mol. The Balaban J connectivity index is 1.54. The van der Waals surface area contributed by atoms with Crippen LogP contribution in [-0.4, -0.2) is 44.7 Å². The van der Waals surface area contributed by atoms with Gasteiger partial charge in [0.05, 0.1) is 13.4 Å². The molecule has 0 saturated carbocycles. The Hall–Kier alpha value is -4.83. The third-order valence-corrected chi connectivity index (χ3v) is 8.56. The van der Waals surface area contributed by atoms with Crippen LogP contribution in [0.1, 0.15) is 43.2 Å². The van der Waals surface area contributed by atoms with Crippen molar-refractivity contribution in [3.63, 3.8) is 0 Å². The summed E-state index contributed by atoms with van der Waals surface area (Å²) in [6.45, 7) is 3.43. The van der Waals surface area contributed by atoms with E-state index in [9.17, 15) is 9.59 Å². The van der Waals surface area contributed by atoms with E-state index >= 15 is 4.39 Å². The zero-order chi connectivity index (χ0) is 30.2. The van der Waals surface area contributed by atoms with Crippen molar-refractivity contribution in [3.8, 4) is 5.75 Å². The highest BCUT2D eigenvalue weighted by Crippen LogP contribution is 2.45. The van der Waals surface area contributed by atoms with E-state index in [2.05, 4.69) is 15.3 Å². The minimum Gasteiger partial charge on any atom is -0.497 e. The van der Waals surface area contributed by atoms with Crippen molar-refractivity contribution in [2.45, 2.75) is 43.8 Å². The number of alkyl halides is 1. The molecule has 3 aromatic carbocycles. The van der Waals surface area contributed by atoms with E-state index in [0.29, 0.717) is 18.5 Å². The maximum absolute atomic E-state index is 15.7. The average molecular weight is 582 g/mol. The number of fused-ring (bicyclic) bond motifs is 1. The highest BCUT2D eigenvalue weighted by molar-refractivity contribution is 5.72. The molecule has 1 fully saturated rings. The molecule has 3 heterocycles. The molecule has 1 aliphatic rings. The number of H-pyrrole nitrogens is 1. The molecule has 10 heteroatoms. The largest absolute Gasteiger partial charge is 0.497 e. The van der Waals surface area contributed by atoms with Crippen molar-refractivity contribution >= 4 is 23.4 Å². The van der Waals surface area contributed by atoms with Crippen molar-refractivity contribution in [1.29, 1.82) is 0 Å². The Morgan fingerprint density at radius 2 is 1.65 bits per heavy atom. The normalized spacial score (nSPS) is 22.0. The first-order valence-electron chi connectivity index (χ1n) is 14.2. The number of methoxy groups -OCH3 is 1. The molecule has 2 N–H and O–H groups in total. The molecule has 0 aliphatic carbocycles. The van der Waals surface area contributed by atoms with E-state index in [4.69, 9.17) is 14.5 Å². The van der Waals surface area contributed by atoms with Crippen LogP contribution in [-0.2, 0) is 15.1 Å². The average Bonchev–Trinajstić information content (AvgIpc) is 3.59. The Morgan fingerprint density at radius 3 is 2.19 bits per heavy atom. The van der Waals surface area contributed by atoms with Gasteiger partial charge in [-0.15, -0.1) is 0 Å². The van der Waals surface area contributed by atoms with Crippen LogP contribution in [0.25, 0.3) is 11.2 Å². The first-order chi connectivity index (χ1) is 20.9. The van der Waals surface area contributed by atoms with Gasteiger partial charge >= 0.3 is 0 Å². The molecule has 0 unspecified atom stereocenters. The van der Waals surface area contributed by atoms with Crippen LogP contribution in [0.2, 0.25) is 0 Å². The molecular formula is C33H32FN5O4. The van der Waals surface area contributed by atoms with Crippen LogP contribution < -0.4 is 15.6 Å². The lowest BCUT2D eigenvalue weighted by molar-refractivity contribution is -0.138. The molecule has 6 rings (SSSR count). The van der Waals surface area contributed by atoms with Gasteiger partial charge in [-0.2, -0.15) is 4.98 Å². The van der Waals surface area contributed by atoms with E-state index < -0.39 is 35.0 Å². The third kappa shape index (κ3) is 4.58. The van der Waals surface area contributed by atoms with Gasteiger partial charge in [-0.25, -0.2) is 9.37 Å². The number of aromatic nitrogens is 4. The molecule has 0 bridgehead atoms. The van der Waals surface area contributed by atoms with Crippen molar-refractivity contribution in [1.82, 2.24) is 19.5 Å². The summed E-state index contributed by atoms with van der Waals surface area (Å²) in [4.78, 5) is 37.2. The fourth-order valence-electron chi connectivity index (χ4n) is 6.03. The van der Waals surface area contributed by atoms with Gasteiger partial charge in [-0.3, -0.25) is 14.3 Å². The standard InChI is InChI=1S/C33H32FN5O4/c1-4-32(19-40)21(2)26(34)30(43-32)39-20-35-27-28(39)36-31(37-29(27)41)38-33(22-11-7-5-8-12-22,23-13-9-6-10-14-23)24-15-17-25(42-3)18-16-24/h5-21,26,30H,4H2,1-3H3,(H2,36,37,38,41)/t21-,26+,30+,32-/m0/s1. The number of hydrogen-bond acceptors (Lipinski definition) is 7. The number of carbonyl (C=O) groups excluding carboxylic acids is 1. The second-order valence-corrected chi connectivity index (χ2v) is 10.7. The smallest absolute Gasteiger partial charge is 0.280 e. The lowest BCUT2D eigenvalue weighted by Gasteiger charge is -2.37. The summed E-state index contributed by atoms with van der Waals surface area (Å²) >= 11 is 0. The summed E-state index contributed by atoms with van der Waals surface area (Å²) in [5.41, 5.74) is -0.00726. The summed E-state index contributed by atoms with van der Waals surface area (Å²) in [6, 6.07) is 27.3. The molecule has 220 valence electrons. The van der Waals surface area contributed by atoms with Crippen molar-refractivity contribution in [2.75, 3.05) is 12.4 Å². The van der Waals surface area contributed by atoms with E-state index in [1.807, 2.05) is 84.9 Å². The maximum atomic E-state index is 15.7. The van der Waals surface area contributed by atoms with Crippen LogP contribution >= 0.6 is 0 Å². The SMILES string of the molecule is CC[C@@]1(C=O)O[C@@H](n2cnc3c(=O)[nH]c(NC(c4ccccc4)(c4ccccc4)c4ccc(OC)cc4)nc32)[C@H](F)[C@@H]1C. The van der Waals surface area contributed by atoms with Gasteiger partial charge in [0, 0.05) is 5.92 Å². The number of imidazole rings is 1. The summed E-state index contributed by atoms with van der Waals surface area (Å²) in [5, 5.41) is 3.54. The number of carbonyl (C=O) groups is 1. The molecule has 43 heavy (non-hydrogen) atoms. The summed E-state index contributed by atoms with van der Waals surface area (Å²) in [5.74, 6) is 0.137. The zero-order valence-corrected chi connectivity index (χ0v) is 24.0. The second-order valence-electron chi connectivity index (χ2n) is 10.7. The number of aldehydes is 1. The molecule has 9 nitrogen and oxygen atoms in total. The number of aromatic amines is 1. The predicted octanol–water partition coefficient (Wildman–Crippen LogP) is 5.38. The van der Waals surface area contributed by atoms with Gasteiger partial charge in [0.1, 0.15) is 16.9 Å². The lowest BCUT2D eigenvalue weighted by Crippen LogP contribution is -2.39. The summed E-state index contributed by atoms with van der Waals surface area (Å²) in [7, 11) is 1.61. The van der Waals surface area contributed by atoms with E-state index in [0.717, 1.165) is 16.7 Å². The van der Waals surface area contributed by atoms with Gasteiger partial charge in [-0.1, -0.05) is 86.6 Å². The monoisotopic (exact) mass is 581 g/mol. The van der Waals surface area contributed by atoms with E-state index in [1.165, 1.54) is 10.9 Å². The molecule has 0 spiro atoms. The number of rotatable bonds is 9. The van der Waals surface area contributed by atoms with Crippen LogP contribution in [0.5, 0.6) is 5.75 Å². The van der Waals surface area contributed by atoms with Crippen LogP contribution in [0, 0.1) is 5.92 Å². The van der Waals surface area contributed by atoms with Crippen molar-refractivity contribution < 1.29 is 18.7 Å². The number of anilines is 1. The Kier molecular flexibility index (Phi) is 7.31. The first kappa shape index (κ1) is 28.3. The molecule has 4 atom stereocenters. The van der Waals surface area contributed by atoms with Crippen molar-refractivity contribution in [2.24, 2.45) is 5.92 Å². The van der Waals surface area contributed by atoms with Gasteiger partial charge in [0.2, 0.25) is 5.95 Å². The molecule has 0 amide bonds. The predicted molar refractivity (Wildman–Crippen MR) is 161 cm³/mol. The van der Waals surface area contributed by atoms with E-state index in [-0.39, 0.29) is 17.1 Å². The summed E-state index contributed by atoms with van der Waals surface area (Å²) in [6.07, 6.45) is -0.392. The number of nitrogens with zero attached hydrogens (tertiary/aromatic N) is 3. The lowest BCUT2D eigenvalue weighted by atomic mass is 9.77. The first-order valence-corrected chi connectivity index (χ1v) is 14.2. The topological polar surface area (TPSA) is 111 Å². The second kappa shape index (κ2) is 11.1. The number of halogens is 1.